The van der Waals surface area contributed by atoms with Crippen LogP contribution >= 0.6 is 35.7 Å². The van der Waals surface area contributed by atoms with Crippen molar-refractivity contribution in [3.63, 3.8) is 0 Å². The van der Waals surface area contributed by atoms with Gasteiger partial charge in [0.15, 0.2) is 0 Å². The SMILES string of the molecule is COCCOC(=O)C(C)(C)C/C(=C\c1ccccc1)C(=O)OCCOC(=O)C(C)CC(SC(=S)SC)C(=O)OC(C)(C)C. The summed E-state index contributed by atoms with van der Waals surface area (Å²) in [6.07, 6.45) is 3.70. The molecule has 0 amide bonds. The van der Waals surface area contributed by atoms with E-state index in [0.717, 1.165) is 5.56 Å². The van der Waals surface area contributed by atoms with Crippen LogP contribution in [-0.2, 0) is 42.9 Å². The van der Waals surface area contributed by atoms with Crippen molar-refractivity contribution in [3.05, 3.63) is 41.5 Å². The van der Waals surface area contributed by atoms with E-state index in [2.05, 4.69) is 0 Å². The Bertz CT molecular complexity index is 1110. The first-order chi connectivity index (χ1) is 20.1. The summed E-state index contributed by atoms with van der Waals surface area (Å²) in [5.41, 5.74) is -0.674. The second-order valence-corrected chi connectivity index (χ2v) is 14.5. The highest BCUT2D eigenvalue weighted by Gasteiger charge is 2.33. The molecule has 1 aromatic rings. The molecule has 0 radical (unpaired) electrons. The smallest absolute Gasteiger partial charge is 0.334 e. The third-order valence-corrected chi connectivity index (χ3v) is 8.49. The molecule has 240 valence electrons. The third kappa shape index (κ3) is 15.8. The molecule has 0 aliphatic rings. The Balaban J connectivity index is 2.82. The lowest BCUT2D eigenvalue weighted by Crippen LogP contribution is -2.33. The number of carbonyl (C=O) groups excluding carboxylic acids is 4. The van der Waals surface area contributed by atoms with Gasteiger partial charge in [-0.05, 0) is 65.4 Å². The van der Waals surface area contributed by atoms with E-state index in [1.54, 1.807) is 47.6 Å². The molecule has 0 spiro atoms. The van der Waals surface area contributed by atoms with Crippen molar-refractivity contribution in [1.82, 2.24) is 0 Å². The Morgan fingerprint density at radius 2 is 1.51 bits per heavy atom. The molecular weight excluding hydrogens is 613 g/mol. The number of benzene rings is 1. The standard InChI is InChI=1S/C31H44O9S3/c1-21(18-24(43-29(41)42-8)27(34)40-30(2,3)4)25(32)37-16-17-38-26(33)23(19-22-12-10-9-11-13-22)20-31(5,6)28(35)39-15-14-36-7/h9-13,19,21,24H,14-18,20H2,1-8H3/b23-19+. The van der Waals surface area contributed by atoms with Gasteiger partial charge in [-0.1, -0.05) is 61.2 Å². The summed E-state index contributed by atoms with van der Waals surface area (Å²) >= 11 is 7.80. The normalized spacial score (nSPS) is 13.4. The van der Waals surface area contributed by atoms with E-state index in [-0.39, 0.29) is 44.8 Å². The van der Waals surface area contributed by atoms with E-state index in [4.69, 9.17) is 35.9 Å². The molecule has 1 aromatic carbocycles. The van der Waals surface area contributed by atoms with Crippen LogP contribution in [0.3, 0.4) is 0 Å². The summed E-state index contributed by atoms with van der Waals surface area (Å²) in [7, 11) is 1.51. The summed E-state index contributed by atoms with van der Waals surface area (Å²) in [6, 6.07) is 9.18. The number of carbonyl (C=O) groups is 4. The minimum Gasteiger partial charge on any atom is -0.463 e. The van der Waals surface area contributed by atoms with Gasteiger partial charge >= 0.3 is 23.9 Å². The fourth-order valence-corrected chi connectivity index (χ4v) is 5.39. The molecule has 2 atom stereocenters. The molecule has 12 heteroatoms. The molecule has 0 saturated carbocycles. The molecule has 43 heavy (non-hydrogen) atoms. The van der Waals surface area contributed by atoms with Gasteiger partial charge in [-0.3, -0.25) is 14.4 Å². The highest BCUT2D eigenvalue weighted by atomic mass is 32.2. The number of thiocarbonyl (C=S) groups is 1. The number of esters is 4. The number of ether oxygens (including phenoxy) is 5. The second-order valence-electron chi connectivity index (χ2n) is 11.3. The molecule has 0 aliphatic carbocycles. The molecule has 0 saturated heterocycles. The highest BCUT2D eigenvalue weighted by molar-refractivity contribution is 8.47. The Hall–Kier alpha value is -2.41. The van der Waals surface area contributed by atoms with Gasteiger partial charge in [-0.15, -0.1) is 11.8 Å². The lowest BCUT2D eigenvalue weighted by molar-refractivity contribution is -0.157. The predicted molar refractivity (Wildman–Crippen MR) is 175 cm³/mol. The van der Waals surface area contributed by atoms with Crippen molar-refractivity contribution in [2.45, 2.75) is 65.2 Å². The number of hydrogen-bond donors (Lipinski definition) is 0. The Kier molecular flexibility index (Phi) is 17.1. The third-order valence-electron chi connectivity index (χ3n) is 5.71. The average molecular weight is 657 g/mol. The van der Waals surface area contributed by atoms with Crippen LogP contribution in [0.4, 0.5) is 0 Å². The van der Waals surface area contributed by atoms with Gasteiger partial charge < -0.3 is 23.7 Å². The highest BCUT2D eigenvalue weighted by Crippen LogP contribution is 2.30. The minimum absolute atomic E-state index is 0.0605. The lowest BCUT2D eigenvalue weighted by Gasteiger charge is -2.25. The van der Waals surface area contributed by atoms with Gasteiger partial charge in [-0.2, -0.15) is 0 Å². The number of thioether (sulfide) groups is 2. The molecule has 0 bridgehead atoms. The van der Waals surface area contributed by atoms with Crippen molar-refractivity contribution in [3.8, 4) is 0 Å². The zero-order valence-electron chi connectivity index (χ0n) is 26.3. The van der Waals surface area contributed by atoms with Crippen LogP contribution in [0.25, 0.3) is 6.08 Å². The maximum Gasteiger partial charge on any atom is 0.334 e. The van der Waals surface area contributed by atoms with Gasteiger partial charge in [0.05, 0.1) is 17.9 Å². The summed E-state index contributed by atoms with van der Waals surface area (Å²) < 4.78 is 27.0. The fraction of sp³-hybridized carbons (Fsp3) is 0.581. The van der Waals surface area contributed by atoms with E-state index in [1.165, 1.54) is 30.6 Å². The molecule has 9 nitrogen and oxygen atoms in total. The lowest BCUT2D eigenvalue weighted by atomic mass is 9.85. The van der Waals surface area contributed by atoms with Gasteiger partial charge in [-0.25, -0.2) is 4.79 Å². The molecule has 0 aromatic heterocycles. The largest absolute Gasteiger partial charge is 0.463 e. The number of rotatable bonds is 16. The van der Waals surface area contributed by atoms with Crippen molar-refractivity contribution in [2.75, 3.05) is 39.8 Å². The van der Waals surface area contributed by atoms with Crippen molar-refractivity contribution in [1.29, 1.82) is 0 Å². The quantitative estimate of drug-likeness (QED) is 0.0696. The fourth-order valence-electron chi connectivity index (χ4n) is 3.55. The van der Waals surface area contributed by atoms with Crippen molar-refractivity contribution < 1.29 is 42.9 Å². The van der Waals surface area contributed by atoms with Crippen LogP contribution in [-0.4, -0.2) is 78.0 Å². The van der Waals surface area contributed by atoms with Crippen LogP contribution < -0.4 is 0 Å². The first kappa shape index (κ1) is 38.6. The van der Waals surface area contributed by atoms with E-state index in [9.17, 15) is 19.2 Å². The van der Waals surface area contributed by atoms with Crippen molar-refractivity contribution in [2.24, 2.45) is 11.3 Å². The van der Waals surface area contributed by atoms with Crippen LogP contribution in [0.1, 0.15) is 59.9 Å². The summed E-state index contributed by atoms with van der Waals surface area (Å²) in [6.45, 7) is 10.3. The van der Waals surface area contributed by atoms with Crippen molar-refractivity contribution >= 4 is 69.2 Å². The molecule has 0 fully saturated rings. The van der Waals surface area contributed by atoms with Gasteiger partial charge in [0.25, 0.3) is 0 Å². The summed E-state index contributed by atoms with van der Waals surface area (Å²) in [5.74, 6) is -2.74. The van der Waals surface area contributed by atoms with E-state index in [1.807, 2.05) is 36.6 Å². The molecule has 0 aliphatic heterocycles. The second kappa shape index (κ2) is 19.1. The summed E-state index contributed by atoms with van der Waals surface area (Å²) in [5, 5.41) is -0.672. The molecule has 2 unspecified atom stereocenters. The monoisotopic (exact) mass is 656 g/mol. The first-order valence-electron chi connectivity index (χ1n) is 13.8. The minimum atomic E-state index is -1.02. The Labute approximate surface area is 269 Å². The number of methoxy groups -OCH3 is 1. The van der Waals surface area contributed by atoms with Crippen LogP contribution in [0.15, 0.2) is 35.9 Å². The van der Waals surface area contributed by atoms with Crippen LogP contribution in [0.2, 0.25) is 0 Å². The Morgan fingerprint density at radius 3 is 2.09 bits per heavy atom. The molecule has 0 N–H and O–H groups in total. The van der Waals surface area contributed by atoms with E-state index < -0.39 is 46.1 Å². The molecular formula is C31H44O9S3. The zero-order valence-corrected chi connectivity index (χ0v) is 28.7. The van der Waals surface area contributed by atoms with Gasteiger partial charge in [0, 0.05) is 12.7 Å². The average Bonchev–Trinajstić information content (AvgIpc) is 2.93. The van der Waals surface area contributed by atoms with Crippen LogP contribution in [0.5, 0.6) is 0 Å². The number of hydrogen-bond acceptors (Lipinski definition) is 12. The first-order valence-corrected chi connectivity index (χ1v) is 16.3. The maximum atomic E-state index is 13.1. The Morgan fingerprint density at radius 1 is 0.907 bits per heavy atom. The molecule has 1 rings (SSSR count). The van der Waals surface area contributed by atoms with Gasteiger partial charge in [0.1, 0.15) is 34.2 Å². The molecule has 0 heterocycles. The van der Waals surface area contributed by atoms with Gasteiger partial charge in [0.2, 0.25) is 0 Å². The predicted octanol–water partition coefficient (Wildman–Crippen LogP) is 5.88. The summed E-state index contributed by atoms with van der Waals surface area (Å²) in [4.78, 5) is 51.2. The topological polar surface area (TPSA) is 114 Å². The zero-order chi connectivity index (χ0) is 32.6. The van der Waals surface area contributed by atoms with Crippen LogP contribution in [0, 0.1) is 11.3 Å². The van der Waals surface area contributed by atoms with E-state index in [0.29, 0.717) is 3.53 Å². The van der Waals surface area contributed by atoms with E-state index >= 15 is 0 Å². The maximum absolute atomic E-state index is 13.1.